The van der Waals surface area contributed by atoms with Crippen molar-refractivity contribution in [1.29, 1.82) is 0 Å². The van der Waals surface area contributed by atoms with Gasteiger partial charge in [-0.05, 0) is 42.4 Å². The summed E-state index contributed by atoms with van der Waals surface area (Å²) in [7, 11) is 0. The van der Waals surface area contributed by atoms with Crippen LogP contribution in [-0.2, 0) is 19.5 Å². The molecule has 0 saturated heterocycles. The van der Waals surface area contributed by atoms with Crippen molar-refractivity contribution < 1.29 is 14.6 Å². The molecule has 0 spiro atoms. The molecule has 0 aliphatic carbocycles. The summed E-state index contributed by atoms with van der Waals surface area (Å²) in [5.41, 5.74) is 3.30. The van der Waals surface area contributed by atoms with Crippen molar-refractivity contribution in [3.8, 4) is 16.9 Å². The predicted molar refractivity (Wildman–Crippen MR) is 131 cm³/mol. The maximum absolute atomic E-state index is 13.2. The molecule has 6 nitrogen and oxygen atoms in total. The van der Waals surface area contributed by atoms with E-state index in [4.69, 9.17) is 21.4 Å². The number of ether oxygens (including phenoxy) is 1. The zero-order chi connectivity index (χ0) is 24.0. The lowest BCUT2D eigenvalue weighted by Gasteiger charge is -2.11. The number of para-hydroxylation sites is 1. The standard InChI is InChI=1S/C26H31ClN2O4/c1-4-5-16-28-24(27)22(15-10-18(2)3)29(25(28)30)17-19-11-13-20(14-12-19)21-8-6-7-9-23(21)33-26(31)32/h6-9,11-14,18H,4-5,10,15-17H2,1-3H3,(H,31,32). The van der Waals surface area contributed by atoms with E-state index >= 15 is 0 Å². The van der Waals surface area contributed by atoms with E-state index in [0.717, 1.165) is 42.5 Å². The van der Waals surface area contributed by atoms with Crippen molar-refractivity contribution >= 4 is 17.8 Å². The summed E-state index contributed by atoms with van der Waals surface area (Å²) in [6, 6.07) is 14.7. The van der Waals surface area contributed by atoms with Crippen molar-refractivity contribution in [3.63, 3.8) is 0 Å². The Morgan fingerprint density at radius 1 is 1.09 bits per heavy atom. The second-order valence-corrected chi connectivity index (χ2v) is 8.96. The molecule has 0 aliphatic rings. The minimum absolute atomic E-state index is 0.0727. The molecular formula is C26H31ClN2O4. The number of imidazole rings is 1. The van der Waals surface area contributed by atoms with Gasteiger partial charge in [-0.1, -0.05) is 81.3 Å². The molecule has 3 aromatic rings. The number of carbonyl (C=O) groups is 1. The first-order valence-corrected chi connectivity index (χ1v) is 11.8. The van der Waals surface area contributed by atoms with E-state index in [1.165, 1.54) is 0 Å². The van der Waals surface area contributed by atoms with Gasteiger partial charge in [0.1, 0.15) is 10.9 Å². The second-order valence-electron chi connectivity index (χ2n) is 8.60. The van der Waals surface area contributed by atoms with Crippen LogP contribution in [0.4, 0.5) is 4.79 Å². The summed E-state index contributed by atoms with van der Waals surface area (Å²) in [5, 5.41) is 9.53. The third-order valence-corrected chi connectivity index (χ3v) is 6.07. The van der Waals surface area contributed by atoms with E-state index in [0.29, 0.717) is 29.7 Å². The Labute approximate surface area is 199 Å². The van der Waals surface area contributed by atoms with Gasteiger partial charge in [0.25, 0.3) is 0 Å². The van der Waals surface area contributed by atoms with Crippen molar-refractivity contribution in [2.24, 2.45) is 5.92 Å². The Bertz CT molecular complexity index is 1150. The maximum Gasteiger partial charge on any atom is 0.511 e. The number of carboxylic acid groups (broad SMARTS) is 1. The molecule has 0 unspecified atom stereocenters. The van der Waals surface area contributed by atoms with Crippen LogP contribution in [0.25, 0.3) is 11.1 Å². The Kier molecular flexibility index (Phi) is 8.39. The van der Waals surface area contributed by atoms with Crippen molar-refractivity contribution in [3.05, 3.63) is 75.4 Å². The van der Waals surface area contributed by atoms with E-state index < -0.39 is 6.16 Å². The molecule has 0 amide bonds. The summed E-state index contributed by atoms with van der Waals surface area (Å²) in [5.74, 6) is 0.792. The van der Waals surface area contributed by atoms with E-state index in [2.05, 4.69) is 20.8 Å². The van der Waals surface area contributed by atoms with Crippen LogP contribution in [-0.4, -0.2) is 20.4 Å². The van der Waals surface area contributed by atoms with Gasteiger partial charge in [0.15, 0.2) is 0 Å². The number of halogens is 1. The van der Waals surface area contributed by atoms with Crippen LogP contribution < -0.4 is 10.4 Å². The maximum atomic E-state index is 13.2. The van der Waals surface area contributed by atoms with Gasteiger partial charge in [0, 0.05) is 12.1 Å². The third kappa shape index (κ3) is 6.08. The van der Waals surface area contributed by atoms with Crippen LogP contribution in [0.3, 0.4) is 0 Å². The lowest BCUT2D eigenvalue weighted by atomic mass is 10.0. The second kappa shape index (κ2) is 11.2. The van der Waals surface area contributed by atoms with Gasteiger partial charge in [-0.15, -0.1) is 0 Å². The highest BCUT2D eigenvalue weighted by molar-refractivity contribution is 6.30. The molecule has 0 fully saturated rings. The first-order valence-electron chi connectivity index (χ1n) is 11.4. The van der Waals surface area contributed by atoms with Gasteiger partial charge in [0.2, 0.25) is 0 Å². The Morgan fingerprint density at radius 3 is 2.42 bits per heavy atom. The van der Waals surface area contributed by atoms with E-state index in [-0.39, 0.29) is 11.4 Å². The van der Waals surface area contributed by atoms with Crippen LogP contribution >= 0.6 is 11.6 Å². The number of unbranched alkanes of at least 4 members (excludes halogenated alkanes) is 1. The molecule has 33 heavy (non-hydrogen) atoms. The number of rotatable bonds is 10. The number of hydrogen-bond donors (Lipinski definition) is 1. The zero-order valence-corrected chi connectivity index (χ0v) is 20.1. The molecule has 1 heterocycles. The molecule has 3 rings (SSSR count). The molecule has 0 bridgehead atoms. The van der Waals surface area contributed by atoms with E-state index in [9.17, 15) is 9.59 Å². The first kappa shape index (κ1) is 24.6. The monoisotopic (exact) mass is 470 g/mol. The molecule has 0 radical (unpaired) electrons. The summed E-state index contributed by atoms with van der Waals surface area (Å²) in [6.07, 6.45) is 2.25. The highest BCUT2D eigenvalue weighted by Crippen LogP contribution is 2.30. The number of nitrogens with zero attached hydrogens (tertiary/aromatic N) is 2. The van der Waals surface area contributed by atoms with Crippen LogP contribution in [0.1, 0.15) is 51.3 Å². The molecule has 0 aliphatic heterocycles. The Morgan fingerprint density at radius 2 is 1.79 bits per heavy atom. The smallest absolute Gasteiger partial charge is 0.449 e. The Balaban J connectivity index is 1.91. The fourth-order valence-electron chi connectivity index (χ4n) is 3.81. The van der Waals surface area contributed by atoms with Crippen LogP contribution in [0.15, 0.2) is 53.3 Å². The largest absolute Gasteiger partial charge is 0.511 e. The predicted octanol–water partition coefficient (Wildman–Crippen LogP) is 6.46. The van der Waals surface area contributed by atoms with Crippen molar-refractivity contribution in [2.75, 3.05) is 0 Å². The Hall–Kier alpha value is -2.99. The molecule has 1 aromatic heterocycles. The lowest BCUT2D eigenvalue weighted by molar-refractivity contribution is 0.144. The molecule has 0 atom stereocenters. The summed E-state index contributed by atoms with van der Waals surface area (Å²) in [6.45, 7) is 7.47. The van der Waals surface area contributed by atoms with Crippen LogP contribution in [0.2, 0.25) is 5.15 Å². The van der Waals surface area contributed by atoms with E-state index in [1.54, 1.807) is 21.3 Å². The third-order valence-electron chi connectivity index (χ3n) is 5.65. The minimum Gasteiger partial charge on any atom is -0.449 e. The quantitative estimate of drug-likeness (QED) is 0.272. The normalized spacial score (nSPS) is 11.2. The van der Waals surface area contributed by atoms with Gasteiger partial charge in [-0.3, -0.25) is 9.13 Å². The number of benzene rings is 2. The van der Waals surface area contributed by atoms with Crippen molar-refractivity contribution in [2.45, 2.75) is 59.5 Å². The molecule has 2 aromatic carbocycles. The van der Waals surface area contributed by atoms with Gasteiger partial charge in [-0.25, -0.2) is 9.59 Å². The number of hydrogen-bond acceptors (Lipinski definition) is 3. The SMILES string of the molecule is CCCCn1c(Cl)c(CCC(C)C)n(Cc2ccc(-c3ccccc3OC(=O)O)cc2)c1=O. The molecule has 1 N–H and O–H groups in total. The molecule has 7 heteroatoms. The van der Waals surface area contributed by atoms with Crippen molar-refractivity contribution in [1.82, 2.24) is 9.13 Å². The first-order chi connectivity index (χ1) is 15.8. The highest BCUT2D eigenvalue weighted by Gasteiger charge is 2.19. The highest BCUT2D eigenvalue weighted by atomic mass is 35.5. The molecule has 0 saturated carbocycles. The summed E-state index contributed by atoms with van der Waals surface area (Å²) >= 11 is 6.66. The molecular weight excluding hydrogens is 440 g/mol. The van der Waals surface area contributed by atoms with E-state index in [1.807, 2.05) is 36.4 Å². The zero-order valence-electron chi connectivity index (χ0n) is 19.4. The fourth-order valence-corrected chi connectivity index (χ4v) is 4.16. The average Bonchev–Trinajstić information content (AvgIpc) is 3.00. The fraction of sp³-hybridized carbons (Fsp3) is 0.385. The van der Waals surface area contributed by atoms with Crippen LogP contribution in [0, 0.1) is 5.92 Å². The lowest BCUT2D eigenvalue weighted by Crippen LogP contribution is -2.26. The molecule has 176 valence electrons. The van der Waals surface area contributed by atoms with Gasteiger partial charge in [-0.2, -0.15) is 0 Å². The van der Waals surface area contributed by atoms with Gasteiger partial charge >= 0.3 is 11.8 Å². The van der Waals surface area contributed by atoms with Gasteiger partial charge in [0.05, 0.1) is 12.2 Å². The number of aromatic nitrogens is 2. The van der Waals surface area contributed by atoms with Gasteiger partial charge < -0.3 is 9.84 Å². The minimum atomic E-state index is -1.35. The summed E-state index contributed by atoms with van der Waals surface area (Å²) < 4.78 is 8.38. The summed E-state index contributed by atoms with van der Waals surface area (Å²) in [4.78, 5) is 24.2. The van der Waals surface area contributed by atoms with Crippen LogP contribution in [0.5, 0.6) is 5.75 Å². The topological polar surface area (TPSA) is 73.5 Å². The average molecular weight is 471 g/mol.